The fraction of sp³-hybridized carbons (Fsp3) is 0.458. The Bertz CT molecular complexity index is 976. The molecule has 1 aromatic heterocycles. The fourth-order valence-corrected chi connectivity index (χ4v) is 4.07. The second-order valence-corrected chi connectivity index (χ2v) is 7.85. The number of rotatable bonds is 8. The molecule has 1 aliphatic heterocycles. The van der Waals surface area contributed by atoms with E-state index >= 15 is 0 Å². The maximum Gasteiger partial charge on any atom is 0.173 e. The van der Waals surface area contributed by atoms with Gasteiger partial charge in [0.2, 0.25) is 0 Å². The minimum absolute atomic E-state index is 0.0562. The molecule has 0 amide bonds. The molecule has 0 radical (unpaired) electrons. The maximum absolute atomic E-state index is 5.75. The number of aryl methyl sites for hydroxylation is 2. The summed E-state index contributed by atoms with van der Waals surface area (Å²) < 4.78 is 18.7. The molecule has 32 heavy (non-hydrogen) atoms. The van der Waals surface area contributed by atoms with Crippen LogP contribution >= 0.6 is 0 Å². The zero-order valence-electron chi connectivity index (χ0n) is 20.4. The Balaban J connectivity index is 0.00000149. The summed E-state index contributed by atoms with van der Waals surface area (Å²) in [6.45, 7) is 4.64. The number of piperazine rings is 1. The number of ether oxygens (including phenoxy) is 2. The lowest BCUT2D eigenvalue weighted by Gasteiger charge is -2.37. The lowest BCUT2D eigenvalue weighted by molar-refractivity contribution is 0.121. The van der Waals surface area contributed by atoms with E-state index < -0.39 is 0 Å². The van der Waals surface area contributed by atoms with Crippen LogP contribution < -0.4 is 9.47 Å². The first-order chi connectivity index (χ1) is 16.2. The first kappa shape index (κ1) is 22.2. The van der Waals surface area contributed by atoms with E-state index in [1.54, 1.807) is 14.2 Å². The summed E-state index contributed by atoms with van der Waals surface area (Å²) >= 11 is 0. The van der Waals surface area contributed by atoms with E-state index in [0.29, 0.717) is 11.5 Å². The normalized spacial score (nSPS) is 15.9. The molecule has 1 saturated heterocycles. The first-order valence-electron chi connectivity index (χ1n) is 11.6. The van der Waals surface area contributed by atoms with Gasteiger partial charge in [0.05, 0.1) is 20.3 Å². The predicted molar refractivity (Wildman–Crippen MR) is 125 cm³/mol. The maximum atomic E-state index is 5.75. The summed E-state index contributed by atoms with van der Waals surface area (Å²) in [4.78, 5) is 4.80. The number of benzene rings is 2. The molecule has 0 spiro atoms. The molecule has 8 heteroatoms. The molecule has 3 aromatic rings. The van der Waals surface area contributed by atoms with Crippen molar-refractivity contribution in [2.75, 3.05) is 47.4 Å². The molecule has 1 unspecified atom stereocenters. The van der Waals surface area contributed by atoms with Gasteiger partial charge in [-0.3, -0.25) is 4.90 Å². The van der Waals surface area contributed by atoms with Crippen LogP contribution in [0.4, 0.5) is 0 Å². The van der Waals surface area contributed by atoms with E-state index in [0.717, 1.165) is 50.5 Å². The van der Waals surface area contributed by atoms with E-state index in [4.69, 9.17) is 10.8 Å². The van der Waals surface area contributed by atoms with Crippen molar-refractivity contribution in [2.45, 2.75) is 26.4 Å². The summed E-state index contributed by atoms with van der Waals surface area (Å²) in [6.07, 6.45) is 0.875. The highest BCUT2D eigenvalue weighted by molar-refractivity contribution is 5.45. The Morgan fingerprint density at radius 1 is 1.00 bits per heavy atom. The van der Waals surface area contributed by atoms with E-state index in [1.165, 1.54) is 13.0 Å². The molecular weight excluding hydrogens is 404 g/mol. The highest BCUT2D eigenvalue weighted by Gasteiger charge is 2.30. The lowest BCUT2D eigenvalue weighted by Crippen LogP contribution is -2.46. The molecule has 172 valence electrons. The zero-order chi connectivity index (χ0) is 23.6. The van der Waals surface area contributed by atoms with Gasteiger partial charge in [0, 0.05) is 34.1 Å². The average Bonchev–Trinajstić information content (AvgIpc) is 3.34. The summed E-state index contributed by atoms with van der Waals surface area (Å²) in [5.41, 5.74) is 2.36. The van der Waals surface area contributed by atoms with E-state index in [-0.39, 0.29) is 6.04 Å². The number of methoxy groups -OCH3 is 2. The van der Waals surface area contributed by atoms with E-state index in [1.807, 2.05) is 22.9 Å². The quantitative estimate of drug-likeness (QED) is 0.535. The third kappa shape index (κ3) is 5.26. The van der Waals surface area contributed by atoms with Gasteiger partial charge in [-0.05, 0) is 47.2 Å². The standard InChI is InChI=1S/C23H30N6O2.CH4/c1-27-13-15-28(16-14-27)22(19-9-10-20(30-2)21(17-19)31-3)23-24-25-26-29(23)12-11-18-7-5-4-6-8-18;/h4-10,17,22H,11-16H2,1-3H3;1H4/i;1D. The van der Waals surface area contributed by atoms with Crippen LogP contribution in [0.15, 0.2) is 48.5 Å². The highest BCUT2D eigenvalue weighted by Crippen LogP contribution is 2.34. The van der Waals surface area contributed by atoms with E-state index in [2.05, 4.69) is 62.7 Å². The lowest BCUT2D eigenvalue weighted by atomic mass is 10.0. The Labute approximate surface area is 192 Å². The predicted octanol–water partition coefficient (Wildman–Crippen LogP) is 2.91. The first-order valence-corrected chi connectivity index (χ1v) is 10.6. The number of aromatic nitrogens is 4. The number of tetrazole rings is 1. The second-order valence-electron chi connectivity index (χ2n) is 7.85. The fourth-order valence-electron chi connectivity index (χ4n) is 4.07. The van der Waals surface area contributed by atoms with Gasteiger partial charge in [0.25, 0.3) is 0 Å². The minimum atomic E-state index is -0.0562. The van der Waals surface area contributed by atoms with Crippen molar-refractivity contribution in [3.8, 4) is 11.5 Å². The van der Waals surface area contributed by atoms with Gasteiger partial charge < -0.3 is 14.4 Å². The molecule has 0 bridgehead atoms. The van der Waals surface area contributed by atoms with Crippen LogP contribution in [-0.4, -0.2) is 77.5 Å². The van der Waals surface area contributed by atoms with Crippen LogP contribution in [0.1, 0.15) is 31.8 Å². The summed E-state index contributed by atoms with van der Waals surface area (Å²) in [5, 5.41) is 12.8. The largest absolute Gasteiger partial charge is 0.493 e. The molecule has 1 atom stereocenters. The van der Waals surface area contributed by atoms with Gasteiger partial charge in [-0.25, -0.2) is 4.68 Å². The van der Waals surface area contributed by atoms with Crippen LogP contribution in [0.5, 0.6) is 11.5 Å². The molecule has 0 N–H and O–H groups in total. The van der Waals surface area contributed by atoms with Crippen LogP contribution in [-0.2, 0) is 13.0 Å². The van der Waals surface area contributed by atoms with Gasteiger partial charge >= 0.3 is 0 Å². The zero-order valence-corrected chi connectivity index (χ0v) is 19.4. The Kier molecular flexibility index (Phi) is 7.68. The third-order valence-corrected chi connectivity index (χ3v) is 5.89. The third-order valence-electron chi connectivity index (χ3n) is 5.89. The van der Waals surface area contributed by atoms with Crippen molar-refractivity contribution in [1.82, 2.24) is 30.0 Å². The minimum Gasteiger partial charge on any atom is -0.493 e. The van der Waals surface area contributed by atoms with Crippen molar-refractivity contribution < 1.29 is 10.8 Å². The number of likely N-dealkylation sites (N-methyl/N-ethyl adjacent to an activating group) is 1. The van der Waals surface area contributed by atoms with Gasteiger partial charge in [0.1, 0.15) is 0 Å². The molecule has 0 saturated carbocycles. The number of hydrogen-bond acceptors (Lipinski definition) is 7. The highest BCUT2D eigenvalue weighted by atomic mass is 16.5. The van der Waals surface area contributed by atoms with E-state index in [9.17, 15) is 0 Å². The van der Waals surface area contributed by atoms with Crippen molar-refractivity contribution in [1.29, 1.82) is 0 Å². The number of hydrogen-bond donors (Lipinski definition) is 0. The molecule has 0 aliphatic carbocycles. The van der Waals surface area contributed by atoms with Crippen molar-refractivity contribution >= 4 is 0 Å². The monoisotopic (exact) mass is 439 g/mol. The van der Waals surface area contributed by atoms with Crippen LogP contribution in [0, 0.1) is 0 Å². The smallest absolute Gasteiger partial charge is 0.173 e. The Morgan fingerprint density at radius 2 is 1.72 bits per heavy atom. The summed E-state index contributed by atoms with van der Waals surface area (Å²) in [7, 11) is 6.72. The summed E-state index contributed by atoms with van der Waals surface area (Å²) in [6, 6.07) is 16.4. The molecule has 4 rings (SSSR count). The van der Waals surface area contributed by atoms with Crippen molar-refractivity contribution in [3.05, 3.63) is 65.5 Å². The van der Waals surface area contributed by atoms with Gasteiger partial charge in [-0.2, -0.15) is 0 Å². The van der Waals surface area contributed by atoms with Gasteiger partial charge in [-0.1, -0.05) is 43.8 Å². The summed E-state index contributed by atoms with van der Waals surface area (Å²) in [5.74, 6) is 2.28. The average molecular weight is 440 g/mol. The molecule has 8 nitrogen and oxygen atoms in total. The molecule has 1 aliphatic rings. The van der Waals surface area contributed by atoms with Gasteiger partial charge in [-0.15, -0.1) is 5.10 Å². The van der Waals surface area contributed by atoms with Crippen LogP contribution in [0.3, 0.4) is 0 Å². The van der Waals surface area contributed by atoms with Crippen LogP contribution in [0.25, 0.3) is 0 Å². The Hall–Kier alpha value is -2.97. The second kappa shape index (κ2) is 11.1. The van der Waals surface area contributed by atoms with Crippen LogP contribution in [0.2, 0.25) is 0 Å². The molecule has 1 fully saturated rings. The molecule has 2 aromatic carbocycles. The molecular formula is C24H34N6O2. The SMILES string of the molecule is COc1ccc(C(c2nnnn2CCc2ccccc2)N2CCN(C)CC2)cc1OC.[2H]C. The molecule has 2 heterocycles. The topological polar surface area (TPSA) is 68.5 Å². The number of nitrogens with zero attached hydrogens (tertiary/aromatic N) is 6. The van der Waals surface area contributed by atoms with Gasteiger partial charge in [0.15, 0.2) is 17.3 Å². The van der Waals surface area contributed by atoms with Crippen molar-refractivity contribution in [2.24, 2.45) is 0 Å². The van der Waals surface area contributed by atoms with Crippen molar-refractivity contribution in [3.63, 3.8) is 0 Å². The Morgan fingerprint density at radius 3 is 2.41 bits per heavy atom.